The number of aliphatic hydroxyl groups excluding tert-OH is 1. The van der Waals surface area contributed by atoms with Crippen LogP contribution in [0.25, 0.3) is 5.57 Å². The van der Waals surface area contributed by atoms with Gasteiger partial charge in [0.25, 0.3) is 0 Å². The molecule has 1 unspecified atom stereocenters. The van der Waals surface area contributed by atoms with Gasteiger partial charge in [0.05, 0.1) is 18.3 Å². The SMILES string of the molecule is C=C/C(=C\C)c1cc(F)c2c(c1NC(=O)NS(=N)(=O)c1ccn(C[C@@H](C)O)n1)CCC2. The molecule has 0 fully saturated rings. The summed E-state index contributed by atoms with van der Waals surface area (Å²) in [5, 5.41) is 16.0. The van der Waals surface area contributed by atoms with Crippen LogP contribution in [0, 0.1) is 10.6 Å². The lowest BCUT2D eigenvalue weighted by molar-refractivity contribution is 0.168. The zero-order valence-electron chi connectivity index (χ0n) is 17.4. The number of anilines is 1. The van der Waals surface area contributed by atoms with Crippen molar-refractivity contribution in [1.82, 2.24) is 14.5 Å². The van der Waals surface area contributed by atoms with Crippen molar-refractivity contribution in [2.45, 2.75) is 50.8 Å². The van der Waals surface area contributed by atoms with Gasteiger partial charge in [-0.2, -0.15) is 5.10 Å². The van der Waals surface area contributed by atoms with Gasteiger partial charge in [0.1, 0.15) is 5.82 Å². The summed E-state index contributed by atoms with van der Waals surface area (Å²) in [6.07, 6.45) is 6.08. The van der Waals surface area contributed by atoms with Gasteiger partial charge in [-0.25, -0.2) is 22.9 Å². The lowest BCUT2D eigenvalue weighted by Gasteiger charge is -2.18. The molecule has 1 aliphatic rings. The minimum Gasteiger partial charge on any atom is -0.391 e. The maximum absolute atomic E-state index is 14.6. The third kappa shape index (κ3) is 4.86. The molecule has 1 aliphatic carbocycles. The van der Waals surface area contributed by atoms with Crippen molar-refractivity contribution < 1.29 is 18.5 Å². The van der Waals surface area contributed by atoms with Gasteiger partial charge >= 0.3 is 6.03 Å². The number of rotatable bonds is 7. The highest BCUT2D eigenvalue weighted by Crippen LogP contribution is 2.37. The van der Waals surface area contributed by atoms with Gasteiger partial charge in [-0.15, -0.1) is 0 Å². The van der Waals surface area contributed by atoms with E-state index in [1.54, 1.807) is 26.0 Å². The smallest absolute Gasteiger partial charge is 0.332 e. The third-order valence-electron chi connectivity index (χ3n) is 5.03. The summed E-state index contributed by atoms with van der Waals surface area (Å²) in [6, 6.07) is 1.87. The van der Waals surface area contributed by atoms with E-state index < -0.39 is 22.1 Å². The van der Waals surface area contributed by atoms with Crippen LogP contribution in [0.2, 0.25) is 0 Å². The number of hydrogen-bond acceptors (Lipinski definition) is 5. The zero-order valence-corrected chi connectivity index (χ0v) is 18.3. The van der Waals surface area contributed by atoms with E-state index in [-0.39, 0.29) is 17.4 Å². The fourth-order valence-corrected chi connectivity index (χ4v) is 4.57. The number of carbonyl (C=O) groups is 1. The fourth-order valence-electron chi connectivity index (χ4n) is 3.68. The van der Waals surface area contributed by atoms with Gasteiger partial charge in [-0.05, 0) is 61.9 Å². The van der Waals surface area contributed by atoms with E-state index >= 15 is 0 Å². The number of aliphatic hydroxyl groups is 1. The molecule has 10 heteroatoms. The Labute approximate surface area is 181 Å². The highest BCUT2D eigenvalue weighted by molar-refractivity contribution is 7.91. The van der Waals surface area contributed by atoms with Gasteiger partial charge in [-0.3, -0.25) is 4.68 Å². The molecule has 1 aromatic heterocycles. The minimum absolute atomic E-state index is 0.131. The molecule has 1 aromatic carbocycles. The summed E-state index contributed by atoms with van der Waals surface area (Å²) in [5.41, 5.74) is 2.80. The topological polar surface area (TPSA) is 120 Å². The predicted molar refractivity (Wildman–Crippen MR) is 117 cm³/mol. The maximum Gasteiger partial charge on any atom is 0.332 e. The number of allylic oxidation sites excluding steroid dienone is 3. The average molecular weight is 448 g/mol. The molecule has 2 aromatic rings. The van der Waals surface area contributed by atoms with Gasteiger partial charge in [0.2, 0.25) is 0 Å². The number of nitrogens with one attached hydrogen (secondary N) is 3. The molecule has 0 saturated carbocycles. The predicted octanol–water partition coefficient (Wildman–Crippen LogP) is 3.62. The summed E-state index contributed by atoms with van der Waals surface area (Å²) in [7, 11) is -3.75. The van der Waals surface area contributed by atoms with Crippen molar-refractivity contribution >= 4 is 27.2 Å². The number of urea groups is 1. The zero-order chi connectivity index (χ0) is 22.8. The largest absolute Gasteiger partial charge is 0.391 e. The molecule has 2 amide bonds. The van der Waals surface area contributed by atoms with Crippen molar-refractivity contribution in [3.63, 3.8) is 0 Å². The first-order chi connectivity index (χ1) is 14.7. The van der Waals surface area contributed by atoms with Crippen LogP contribution in [0.5, 0.6) is 0 Å². The normalized spacial score (nSPS) is 16.3. The van der Waals surface area contributed by atoms with Crippen LogP contribution in [0.15, 0.2) is 42.1 Å². The number of hydrogen-bond donors (Lipinski definition) is 4. The fraction of sp³-hybridized carbons (Fsp3) is 0.333. The molecule has 3 rings (SSSR count). The van der Waals surface area contributed by atoms with E-state index in [2.05, 4.69) is 21.7 Å². The number of halogens is 1. The first kappa shape index (κ1) is 22.7. The molecule has 0 spiro atoms. The number of fused-ring (bicyclic) bond motifs is 1. The second-order valence-electron chi connectivity index (χ2n) is 7.38. The van der Waals surface area contributed by atoms with E-state index in [9.17, 15) is 18.5 Å². The van der Waals surface area contributed by atoms with Gasteiger partial charge in [0, 0.05) is 11.8 Å². The Morgan fingerprint density at radius 1 is 1.48 bits per heavy atom. The molecule has 31 heavy (non-hydrogen) atoms. The Morgan fingerprint density at radius 3 is 2.84 bits per heavy atom. The minimum atomic E-state index is -3.75. The lowest BCUT2D eigenvalue weighted by Crippen LogP contribution is -2.34. The van der Waals surface area contributed by atoms with Gasteiger partial charge in [0.15, 0.2) is 14.9 Å². The van der Waals surface area contributed by atoms with Gasteiger partial charge < -0.3 is 10.4 Å². The maximum atomic E-state index is 14.6. The van der Waals surface area contributed by atoms with Crippen LogP contribution < -0.4 is 10.0 Å². The van der Waals surface area contributed by atoms with E-state index in [4.69, 9.17) is 4.78 Å². The standard InChI is InChI=1S/C21H26FN5O3S/c1-4-14(5-2)17-11-18(22)15-7-6-8-16(15)20(17)24-21(29)26-31(23,30)19-9-10-27(25-19)12-13(3)28/h4-5,9-11,13,28H,1,6-8,12H2,2-3H3,(H3,23,24,26,29,30)/b14-5+/t13-,31?/m1/s1. The number of benzene rings is 1. The monoisotopic (exact) mass is 447 g/mol. The molecule has 166 valence electrons. The highest BCUT2D eigenvalue weighted by Gasteiger charge is 2.25. The Hall–Kier alpha value is -2.98. The van der Waals surface area contributed by atoms with Gasteiger partial charge in [-0.1, -0.05) is 18.7 Å². The van der Waals surface area contributed by atoms with E-state index in [1.807, 2.05) is 0 Å². The Kier molecular flexibility index (Phi) is 6.61. The van der Waals surface area contributed by atoms with E-state index in [0.717, 1.165) is 6.42 Å². The Balaban J connectivity index is 1.89. The molecule has 4 N–H and O–H groups in total. The molecule has 2 atom stereocenters. The molecule has 1 heterocycles. The first-order valence-electron chi connectivity index (χ1n) is 9.88. The average Bonchev–Trinajstić information content (AvgIpc) is 3.35. The molecular formula is C21H26FN5O3S. The number of aromatic nitrogens is 2. The quantitative estimate of drug-likeness (QED) is 0.485. The second-order valence-corrected chi connectivity index (χ2v) is 9.11. The highest BCUT2D eigenvalue weighted by atomic mass is 32.2. The van der Waals surface area contributed by atoms with E-state index in [1.165, 1.54) is 23.0 Å². The van der Waals surface area contributed by atoms with E-state index in [0.29, 0.717) is 40.8 Å². The summed E-state index contributed by atoms with van der Waals surface area (Å²) < 4.78 is 39.0. The van der Waals surface area contributed by atoms with Crippen LogP contribution in [0.3, 0.4) is 0 Å². The lowest BCUT2D eigenvalue weighted by atomic mass is 9.96. The van der Waals surface area contributed by atoms with Crippen LogP contribution in [-0.4, -0.2) is 31.2 Å². The first-order valence-corrected chi connectivity index (χ1v) is 11.4. The Morgan fingerprint density at radius 2 is 2.19 bits per heavy atom. The summed E-state index contributed by atoms with van der Waals surface area (Å²) in [4.78, 5) is 12.7. The van der Waals surface area contributed by atoms with Crippen molar-refractivity contribution in [2.75, 3.05) is 5.32 Å². The number of amides is 2. The summed E-state index contributed by atoms with van der Waals surface area (Å²) in [5.74, 6) is -0.331. The van der Waals surface area contributed by atoms with Crippen LogP contribution >= 0.6 is 0 Å². The molecule has 0 radical (unpaired) electrons. The van der Waals surface area contributed by atoms with Crippen LogP contribution in [0.1, 0.15) is 37.0 Å². The molecule has 8 nitrogen and oxygen atoms in total. The summed E-state index contributed by atoms with van der Waals surface area (Å²) in [6.45, 7) is 7.28. The van der Waals surface area contributed by atoms with Crippen LogP contribution in [-0.2, 0) is 29.3 Å². The molecule has 0 saturated heterocycles. The molecule has 0 bridgehead atoms. The van der Waals surface area contributed by atoms with Crippen molar-refractivity contribution in [3.05, 3.63) is 59.6 Å². The van der Waals surface area contributed by atoms with Crippen molar-refractivity contribution in [1.29, 1.82) is 4.78 Å². The Bertz CT molecular complexity index is 1150. The van der Waals surface area contributed by atoms with Crippen molar-refractivity contribution in [2.24, 2.45) is 0 Å². The molecular weight excluding hydrogens is 421 g/mol. The van der Waals surface area contributed by atoms with Crippen molar-refractivity contribution in [3.8, 4) is 0 Å². The molecule has 0 aliphatic heterocycles. The number of carbonyl (C=O) groups excluding carboxylic acids is 1. The van der Waals surface area contributed by atoms with Crippen LogP contribution in [0.4, 0.5) is 14.9 Å². The number of nitrogens with zero attached hydrogens (tertiary/aromatic N) is 2. The summed E-state index contributed by atoms with van der Waals surface area (Å²) >= 11 is 0. The third-order valence-corrected chi connectivity index (χ3v) is 6.31. The second kappa shape index (κ2) is 9.03.